The lowest BCUT2D eigenvalue weighted by Crippen LogP contribution is -2.43. The first-order valence-corrected chi connectivity index (χ1v) is 10.9. The second-order valence-electron chi connectivity index (χ2n) is 6.80. The van der Waals surface area contributed by atoms with Gasteiger partial charge in [-0.1, -0.05) is 6.07 Å². The molecule has 1 aromatic rings. The zero-order chi connectivity index (χ0) is 20.6. The van der Waals surface area contributed by atoms with Crippen molar-refractivity contribution >= 4 is 39.8 Å². The number of hydrogen-bond acceptors (Lipinski definition) is 4. The van der Waals surface area contributed by atoms with Crippen molar-refractivity contribution in [2.24, 2.45) is 4.99 Å². The summed E-state index contributed by atoms with van der Waals surface area (Å²) in [6, 6.07) is 3.10. The highest BCUT2D eigenvalue weighted by molar-refractivity contribution is 14.0. The Hall–Kier alpha value is -1.01. The van der Waals surface area contributed by atoms with Crippen LogP contribution in [0.4, 0.5) is 8.78 Å². The Balaban J connectivity index is 0.00000729. The summed E-state index contributed by atoms with van der Waals surface area (Å²) < 4.78 is 50.9. The molecule has 0 saturated carbocycles. The van der Waals surface area contributed by atoms with Gasteiger partial charge in [0.2, 0.25) is 0 Å². The van der Waals surface area contributed by atoms with Gasteiger partial charge in [-0.05, 0) is 46.5 Å². The number of aliphatic imine (C=N–C) groups is 1. The molecule has 0 fully saturated rings. The fourth-order valence-electron chi connectivity index (χ4n) is 2.54. The van der Waals surface area contributed by atoms with E-state index in [1.165, 1.54) is 24.5 Å². The van der Waals surface area contributed by atoms with Gasteiger partial charge in [-0.25, -0.2) is 17.2 Å². The first-order valence-electron chi connectivity index (χ1n) is 8.88. The third-order valence-electron chi connectivity index (χ3n) is 4.03. The van der Waals surface area contributed by atoms with Crippen molar-refractivity contribution in [3.63, 3.8) is 0 Å². The highest BCUT2D eigenvalue weighted by Gasteiger charge is 2.22. The van der Waals surface area contributed by atoms with Crippen molar-refractivity contribution in [1.29, 1.82) is 0 Å². The second kappa shape index (κ2) is 12.5. The highest BCUT2D eigenvalue weighted by Crippen LogP contribution is 2.24. The van der Waals surface area contributed by atoms with Crippen LogP contribution in [-0.2, 0) is 9.84 Å². The molecule has 2 N–H and O–H groups in total. The van der Waals surface area contributed by atoms with Gasteiger partial charge in [-0.15, -0.1) is 24.0 Å². The lowest BCUT2D eigenvalue weighted by molar-refractivity contribution is 0.290. The minimum atomic E-state index is -3.04. The largest absolute Gasteiger partial charge is 0.357 e. The Morgan fingerprint density at radius 3 is 2.29 bits per heavy atom. The summed E-state index contributed by atoms with van der Waals surface area (Å²) in [5, 5.41) is 6.20. The molecule has 0 radical (unpaired) electrons. The zero-order valence-electron chi connectivity index (χ0n) is 17.0. The lowest BCUT2D eigenvalue weighted by Gasteiger charge is -2.25. The van der Waals surface area contributed by atoms with E-state index in [4.69, 9.17) is 0 Å². The topological polar surface area (TPSA) is 73.8 Å². The number of sulfone groups is 1. The molecule has 28 heavy (non-hydrogen) atoms. The van der Waals surface area contributed by atoms with Crippen molar-refractivity contribution in [3.8, 4) is 0 Å². The normalized spacial score (nSPS) is 14.4. The predicted molar refractivity (Wildman–Crippen MR) is 121 cm³/mol. The van der Waals surface area contributed by atoms with Crippen LogP contribution in [0.1, 0.15) is 31.9 Å². The minimum absolute atomic E-state index is 0. The molecule has 1 rings (SSSR count). The minimum Gasteiger partial charge on any atom is -0.357 e. The summed E-state index contributed by atoms with van der Waals surface area (Å²) >= 11 is 0. The fourth-order valence-corrected chi connectivity index (χ4v) is 3.32. The molecule has 0 aliphatic carbocycles. The first kappa shape index (κ1) is 27.0. The molecule has 0 amide bonds. The molecule has 0 spiro atoms. The summed E-state index contributed by atoms with van der Waals surface area (Å²) in [5.74, 6) is -0.671. The molecule has 0 saturated heterocycles. The van der Waals surface area contributed by atoms with E-state index in [2.05, 4.69) is 15.6 Å². The molecule has 162 valence electrons. The molecule has 0 aromatic heterocycles. The Bertz CT molecular complexity index is 725. The van der Waals surface area contributed by atoms with Crippen LogP contribution in [-0.4, -0.2) is 64.5 Å². The average molecular weight is 532 g/mol. The van der Waals surface area contributed by atoms with E-state index >= 15 is 0 Å². The molecule has 0 aliphatic rings. The summed E-state index contributed by atoms with van der Waals surface area (Å²) in [7, 11) is 0.434. The maximum atomic E-state index is 14.2. The van der Waals surface area contributed by atoms with Crippen LogP contribution in [0.2, 0.25) is 0 Å². The fraction of sp³-hybridized carbons (Fsp3) is 0.611. The molecule has 10 heteroatoms. The predicted octanol–water partition coefficient (Wildman–Crippen LogP) is 2.56. The average Bonchev–Trinajstić information content (AvgIpc) is 2.54. The summed E-state index contributed by atoms with van der Waals surface area (Å²) in [6.45, 7) is 4.50. The van der Waals surface area contributed by atoms with Crippen molar-refractivity contribution in [3.05, 3.63) is 35.4 Å². The van der Waals surface area contributed by atoms with Crippen molar-refractivity contribution < 1.29 is 17.2 Å². The van der Waals surface area contributed by atoms with Crippen LogP contribution >= 0.6 is 24.0 Å². The number of halogens is 3. The number of guanidine groups is 1. The van der Waals surface area contributed by atoms with Crippen molar-refractivity contribution in [1.82, 2.24) is 15.5 Å². The number of rotatable bonds is 9. The molecule has 2 unspecified atom stereocenters. The molecular weight excluding hydrogens is 501 g/mol. The lowest BCUT2D eigenvalue weighted by atomic mass is 10.0. The number of likely N-dealkylation sites (N-methyl/N-ethyl adjacent to an activating group) is 1. The van der Waals surface area contributed by atoms with Crippen LogP contribution in [0.15, 0.2) is 23.2 Å². The standard InChI is InChI=1S/C18H30F2N4O2S.HI/c1-6-21-18(23-13(2)10-11-27(5,25)26)22-12-16(24(3)4)17-14(19)8-7-9-15(17)20;/h7-9,13,16H,6,10-12H2,1-5H3,(H2,21,22,23);1H. The smallest absolute Gasteiger partial charge is 0.191 e. The molecule has 6 nitrogen and oxygen atoms in total. The van der Waals surface area contributed by atoms with E-state index in [0.717, 1.165) is 0 Å². The monoisotopic (exact) mass is 532 g/mol. The van der Waals surface area contributed by atoms with Gasteiger partial charge >= 0.3 is 0 Å². The van der Waals surface area contributed by atoms with Crippen LogP contribution in [0.3, 0.4) is 0 Å². The van der Waals surface area contributed by atoms with Crippen molar-refractivity contribution in [2.75, 3.05) is 39.2 Å². The molecule has 1 aromatic carbocycles. The van der Waals surface area contributed by atoms with Crippen LogP contribution in [0.5, 0.6) is 0 Å². The van der Waals surface area contributed by atoms with Gasteiger partial charge in [0.05, 0.1) is 18.3 Å². The Labute approximate surface area is 184 Å². The van der Waals surface area contributed by atoms with Gasteiger partial charge in [-0.2, -0.15) is 0 Å². The first-order chi connectivity index (χ1) is 12.5. The van der Waals surface area contributed by atoms with Gasteiger partial charge in [0.1, 0.15) is 21.5 Å². The third-order valence-corrected chi connectivity index (χ3v) is 5.00. The number of benzene rings is 1. The molecule has 0 bridgehead atoms. The van der Waals surface area contributed by atoms with E-state index in [1.807, 2.05) is 13.8 Å². The second-order valence-corrected chi connectivity index (χ2v) is 9.06. The van der Waals surface area contributed by atoms with E-state index in [0.29, 0.717) is 18.9 Å². The Morgan fingerprint density at radius 1 is 1.25 bits per heavy atom. The zero-order valence-corrected chi connectivity index (χ0v) is 20.1. The Morgan fingerprint density at radius 2 is 1.82 bits per heavy atom. The van der Waals surface area contributed by atoms with Crippen LogP contribution in [0, 0.1) is 11.6 Å². The van der Waals surface area contributed by atoms with Crippen molar-refractivity contribution in [2.45, 2.75) is 32.4 Å². The van der Waals surface area contributed by atoms with E-state index in [1.54, 1.807) is 19.0 Å². The number of nitrogens with zero attached hydrogens (tertiary/aromatic N) is 2. The number of hydrogen-bond donors (Lipinski definition) is 2. The molecular formula is C18H31F2IN4O2S. The van der Waals surface area contributed by atoms with Crippen LogP contribution < -0.4 is 10.6 Å². The van der Waals surface area contributed by atoms with Gasteiger partial charge in [0.15, 0.2) is 5.96 Å². The maximum Gasteiger partial charge on any atom is 0.191 e. The number of nitrogens with one attached hydrogen (secondary N) is 2. The summed E-state index contributed by atoms with van der Waals surface area (Å²) in [4.78, 5) is 6.16. The molecule has 0 aliphatic heterocycles. The quantitative estimate of drug-likeness (QED) is 0.291. The van der Waals surface area contributed by atoms with Gasteiger partial charge in [0.25, 0.3) is 0 Å². The van der Waals surface area contributed by atoms with Crippen LogP contribution in [0.25, 0.3) is 0 Å². The van der Waals surface area contributed by atoms with Gasteiger partial charge in [-0.3, -0.25) is 4.99 Å². The highest BCUT2D eigenvalue weighted by atomic mass is 127. The van der Waals surface area contributed by atoms with E-state index in [-0.39, 0.29) is 47.9 Å². The van der Waals surface area contributed by atoms with E-state index in [9.17, 15) is 17.2 Å². The SMILES string of the molecule is CCNC(=NCC(c1c(F)cccc1F)N(C)C)NC(C)CCS(C)(=O)=O.I. The summed E-state index contributed by atoms with van der Waals surface area (Å²) in [6.07, 6.45) is 1.63. The summed E-state index contributed by atoms with van der Waals surface area (Å²) in [5.41, 5.74) is -0.0211. The third kappa shape index (κ3) is 9.46. The van der Waals surface area contributed by atoms with Gasteiger partial charge in [0, 0.05) is 24.4 Å². The Kier molecular flexibility index (Phi) is 12.1. The molecule has 0 heterocycles. The maximum absolute atomic E-state index is 14.2. The van der Waals surface area contributed by atoms with Gasteiger partial charge < -0.3 is 15.5 Å². The van der Waals surface area contributed by atoms with E-state index < -0.39 is 27.5 Å². The molecule has 2 atom stereocenters.